The summed E-state index contributed by atoms with van der Waals surface area (Å²) in [6, 6.07) is 0. The van der Waals surface area contributed by atoms with Gasteiger partial charge in [0.2, 0.25) is 0 Å². The average Bonchev–Trinajstić information content (AvgIpc) is 2.09. The van der Waals surface area contributed by atoms with Crippen LogP contribution in [0.25, 0.3) is 0 Å². The molecule has 66 valence electrons. The van der Waals surface area contributed by atoms with Gasteiger partial charge in [0.25, 0.3) is 0 Å². The first-order valence-electron chi connectivity index (χ1n) is 4.43. The second-order valence-corrected chi connectivity index (χ2v) is 3.92. The van der Waals surface area contributed by atoms with Crippen LogP contribution in [0.3, 0.4) is 0 Å². The van der Waals surface area contributed by atoms with Crippen LogP contribution in [-0.4, -0.2) is 37.2 Å². The van der Waals surface area contributed by atoms with E-state index in [1.54, 1.807) is 0 Å². The van der Waals surface area contributed by atoms with Crippen LogP contribution in [0.4, 0.5) is 0 Å². The maximum Gasteiger partial charge on any atom is 0.0742 e. The smallest absolute Gasteiger partial charge is 0.0742 e. The lowest BCUT2D eigenvalue weighted by atomic mass is 10.1. The Balaban J connectivity index is 2.34. The molecule has 2 atom stereocenters. The van der Waals surface area contributed by atoms with Gasteiger partial charge in [0.1, 0.15) is 0 Å². The van der Waals surface area contributed by atoms with Gasteiger partial charge in [-0.2, -0.15) is 0 Å². The summed E-state index contributed by atoms with van der Waals surface area (Å²) >= 11 is 0. The first kappa shape index (κ1) is 9.01. The largest absolute Gasteiger partial charge is 0.374 e. The number of hydrogen-bond acceptors (Lipinski definition) is 2. The Morgan fingerprint density at radius 1 is 1.36 bits per heavy atom. The van der Waals surface area contributed by atoms with Crippen molar-refractivity contribution in [2.24, 2.45) is 5.92 Å². The molecule has 11 heavy (non-hydrogen) atoms. The van der Waals surface area contributed by atoms with E-state index in [4.69, 9.17) is 4.74 Å². The second-order valence-electron chi connectivity index (χ2n) is 3.92. The standard InChI is InChI=1S/C9H19NO/c1-7(2)11-9-6-10(4)5-8(9)3/h7-9H,5-6H2,1-4H3/t8-,9?/m1/s1. The molecular weight excluding hydrogens is 138 g/mol. The van der Waals surface area contributed by atoms with Gasteiger partial charge in [0, 0.05) is 13.1 Å². The highest BCUT2D eigenvalue weighted by Crippen LogP contribution is 2.18. The molecule has 1 aliphatic rings. The molecule has 1 saturated heterocycles. The molecule has 0 bridgehead atoms. The summed E-state index contributed by atoms with van der Waals surface area (Å²) in [6.45, 7) is 8.74. The molecule has 1 rings (SSSR count). The van der Waals surface area contributed by atoms with Crippen LogP contribution in [0.1, 0.15) is 20.8 Å². The molecule has 0 aliphatic carbocycles. The third-order valence-corrected chi connectivity index (χ3v) is 2.17. The van der Waals surface area contributed by atoms with Gasteiger partial charge >= 0.3 is 0 Å². The number of ether oxygens (including phenoxy) is 1. The van der Waals surface area contributed by atoms with Gasteiger partial charge in [-0.25, -0.2) is 0 Å². The highest BCUT2D eigenvalue weighted by Gasteiger charge is 2.28. The van der Waals surface area contributed by atoms with Crippen LogP contribution < -0.4 is 0 Å². The average molecular weight is 157 g/mol. The third-order valence-electron chi connectivity index (χ3n) is 2.17. The Kier molecular flexibility index (Phi) is 2.90. The van der Waals surface area contributed by atoms with Crippen LogP contribution in [0, 0.1) is 5.92 Å². The van der Waals surface area contributed by atoms with Crippen molar-refractivity contribution in [2.45, 2.75) is 33.0 Å². The van der Waals surface area contributed by atoms with Crippen molar-refractivity contribution >= 4 is 0 Å². The number of rotatable bonds is 2. The van der Waals surface area contributed by atoms with E-state index in [0.717, 1.165) is 6.54 Å². The Hall–Kier alpha value is -0.0800. The van der Waals surface area contributed by atoms with Crippen molar-refractivity contribution in [1.29, 1.82) is 0 Å². The van der Waals surface area contributed by atoms with Crippen molar-refractivity contribution in [3.05, 3.63) is 0 Å². The summed E-state index contributed by atoms with van der Waals surface area (Å²) in [5, 5.41) is 0. The summed E-state index contributed by atoms with van der Waals surface area (Å²) in [4.78, 5) is 2.33. The van der Waals surface area contributed by atoms with E-state index < -0.39 is 0 Å². The summed E-state index contributed by atoms with van der Waals surface area (Å²) in [5.74, 6) is 0.697. The summed E-state index contributed by atoms with van der Waals surface area (Å²) in [7, 11) is 2.15. The predicted molar refractivity (Wildman–Crippen MR) is 46.7 cm³/mol. The van der Waals surface area contributed by atoms with Crippen LogP contribution >= 0.6 is 0 Å². The Labute approximate surface area is 69.5 Å². The van der Waals surface area contributed by atoms with Gasteiger partial charge in [-0.15, -0.1) is 0 Å². The molecule has 0 amide bonds. The van der Waals surface area contributed by atoms with Crippen molar-refractivity contribution < 1.29 is 4.74 Å². The van der Waals surface area contributed by atoms with Gasteiger partial charge in [0.15, 0.2) is 0 Å². The molecule has 0 radical (unpaired) electrons. The van der Waals surface area contributed by atoms with Crippen molar-refractivity contribution in [3.8, 4) is 0 Å². The minimum atomic E-state index is 0.369. The van der Waals surface area contributed by atoms with Crippen molar-refractivity contribution in [2.75, 3.05) is 20.1 Å². The minimum Gasteiger partial charge on any atom is -0.374 e. The monoisotopic (exact) mass is 157 g/mol. The van der Waals surface area contributed by atoms with E-state index in [2.05, 4.69) is 32.7 Å². The molecule has 0 saturated carbocycles. The quantitative estimate of drug-likeness (QED) is 0.600. The number of likely N-dealkylation sites (tertiary alicyclic amines) is 1. The van der Waals surface area contributed by atoms with Gasteiger partial charge in [-0.3, -0.25) is 0 Å². The molecule has 2 nitrogen and oxygen atoms in total. The van der Waals surface area contributed by atoms with Crippen LogP contribution in [0.15, 0.2) is 0 Å². The fraction of sp³-hybridized carbons (Fsp3) is 1.00. The molecule has 0 N–H and O–H groups in total. The minimum absolute atomic E-state index is 0.369. The lowest BCUT2D eigenvalue weighted by Gasteiger charge is -2.18. The van der Waals surface area contributed by atoms with E-state index in [-0.39, 0.29) is 0 Å². The van der Waals surface area contributed by atoms with Crippen LogP contribution in [0.5, 0.6) is 0 Å². The van der Waals surface area contributed by atoms with E-state index in [1.165, 1.54) is 6.54 Å². The molecule has 2 heteroatoms. The van der Waals surface area contributed by atoms with Gasteiger partial charge in [-0.05, 0) is 26.8 Å². The number of likely N-dealkylation sites (N-methyl/N-ethyl adjacent to an activating group) is 1. The van der Waals surface area contributed by atoms with E-state index >= 15 is 0 Å². The lowest BCUT2D eigenvalue weighted by Crippen LogP contribution is -2.24. The first-order valence-corrected chi connectivity index (χ1v) is 4.43. The molecule has 0 aromatic carbocycles. The lowest BCUT2D eigenvalue weighted by molar-refractivity contribution is -0.00332. The topological polar surface area (TPSA) is 12.5 Å². The SMILES string of the molecule is CC(C)OC1CN(C)C[C@H]1C. The molecule has 0 spiro atoms. The zero-order valence-electron chi connectivity index (χ0n) is 8.00. The molecule has 1 aliphatic heterocycles. The molecule has 0 aromatic heterocycles. The summed E-state index contributed by atoms with van der Waals surface area (Å²) in [6.07, 6.45) is 0.828. The number of hydrogen-bond donors (Lipinski definition) is 0. The van der Waals surface area contributed by atoms with Crippen LogP contribution in [0.2, 0.25) is 0 Å². The highest BCUT2D eigenvalue weighted by atomic mass is 16.5. The van der Waals surface area contributed by atoms with Crippen molar-refractivity contribution in [3.63, 3.8) is 0 Å². The van der Waals surface area contributed by atoms with Gasteiger partial charge in [-0.1, -0.05) is 6.92 Å². The zero-order valence-corrected chi connectivity index (χ0v) is 8.00. The van der Waals surface area contributed by atoms with Gasteiger partial charge < -0.3 is 9.64 Å². The first-order chi connectivity index (χ1) is 5.09. The summed E-state index contributed by atoms with van der Waals surface area (Å²) < 4.78 is 5.75. The maximum absolute atomic E-state index is 5.75. The van der Waals surface area contributed by atoms with E-state index in [0.29, 0.717) is 18.1 Å². The Bertz CT molecular complexity index is 125. The second kappa shape index (κ2) is 3.55. The fourth-order valence-electron chi connectivity index (χ4n) is 1.70. The molecule has 1 unspecified atom stereocenters. The molecule has 1 fully saturated rings. The Morgan fingerprint density at radius 2 is 2.00 bits per heavy atom. The molecule has 0 aromatic rings. The third kappa shape index (κ3) is 2.46. The summed E-state index contributed by atoms with van der Waals surface area (Å²) in [5.41, 5.74) is 0. The number of nitrogens with zero attached hydrogens (tertiary/aromatic N) is 1. The predicted octanol–water partition coefficient (Wildman–Crippen LogP) is 1.36. The van der Waals surface area contributed by atoms with E-state index in [1.807, 2.05) is 0 Å². The van der Waals surface area contributed by atoms with Gasteiger partial charge in [0.05, 0.1) is 12.2 Å². The zero-order chi connectivity index (χ0) is 8.43. The van der Waals surface area contributed by atoms with Crippen molar-refractivity contribution in [1.82, 2.24) is 4.90 Å². The maximum atomic E-state index is 5.75. The fourth-order valence-corrected chi connectivity index (χ4v) is 1.70. The highest BCUT2D eigenvalue weighted by molar-refractivity contribution is 4.80. The van der Waals surface area contributed by atoms with Crippen LogP contribution in [-0.2, 0) is 4.74 Å². The normalized spacial score (nSPS) is 33.5. The van der Waals surface area contributed by atoms with E-state index in [9.17, 15) is 0 Å². The Morgan fingerprint density at radius 3 is 2.36 bits per heavy atom. The molecule has 1 heterocycles. The molecular formula is C9H19NO.